The number of rotatable bonds is 10. The van der Waals surface area contributed by atoms with Crippen LogP contribution in [0.5, 0.6) is 0 Å². The van der Waals surface area contributed by atoms with E-state index < -0.39 is 0 Å². The van der Waals surface area contributed by atoms with Crippen molar-refractivity contribution < 1.29 is 4.79 Å². The number of unbranched alkanes of at least 4 members (excludes halogenated alkanes) is 2. The summed E-state index contributed by atoms with van der Waals surface area (Å²) in [6, 6.07) is 10.0. The Balaban J connectivity index is 2.68. The van der Waals surface area contributed by atoms with Crippen molar-refractivity contribution in [1.29, 1.82) is 0 Å². The van der Waals surface area contributed by atoms with E-state index in [-0.39, 0.29) is 6.04 Å². The fourth-order valence-corrected chi connectivity index (χ4v) is 2.16. The Morgan fingerprint density at radius 3 is 2.15 bits per heavy atom. The molecule has 0 heterocycles. The first-order chi connectivity index (χ1) is 9.81. The van der Waals surface area contributed by atoms with Gasteiger partial charge < -0.3 is 4.79 Å². The summed E-state index contributed by atoms with van der Waals surface area (Å²) < 4.78 is 0. The molecule has 0 aliphatic carbocycles. The van der Waals surface area contributed by atoms with Crippen LogP contribution in [0.4, 0.5) is 0 Å². The van der Waals surface area contributed by atoms with Crippen LogP contribution in [0, 0.1) is 0 Å². The zero-order chi connectivity index (χ0) is 14.6. The quantitative estimate of drug-likeness (QED) is 0.596. The summed E-state index contributed by atoms with van der Waals surface area (Å²) in [6.45, 7) is 6.37. The predicted molar refractivity (Wildman–Crippen MR) is 86.7 cm³/mol. The van der Waals surface area contributed by atoms with Crippen LogP contribution in [0.15, 0.2) is 36.4 Å². The predicted octanol–water partition coefficient (Wildman–Crippen LogP) is 4.17. The number of carbonyl (C=O) groups excluding carboxylic acids is 1. The summed E-state index contributed by atoms with van der Waals surface area (Å²) in [7, 11) is 0. The Labute approximate surface area is 123 Å². The van der Waals surface area contributed by atoms with Crippen molar-refractivity contribution >= 4 is 12.4 Å². The largest absolute Gasteiger partial charge is 0.301 e. The average Bonchev–Trinajstić information content (AvgIpc) is 2.50. The van der Waals surface area contributed by atoms with Crippen molar-refractivity contribution in [3.05, 3.63) is 42.0 Å². The van der Waals surface area contributed by atoms with Crippen molar-refractivity contribution in [3.8, 4) is 0 Å². The maximum Gasteiger partial charge on any atom is 0.141 e. The summed E-state index contributed by atoms with van der Waals surface area (Å²) >= 11 is 0. The van der Waals surface area contributed by atoms with Gasteiger partial charge in [0.2, 0.25) is 0 Å². The van der Waals surface area contributed by atoms with E-state index in [4.69, 9.17) is 0 Å². The highest BCUT2D eigenvalue weighted by Gasteiger charge is 2.13. The number of hydrogen-bond acceptors (Lipinski definition) is 2. The van der Waals surface area contributed by atoms with Gasteiger partial charge in [-0.2, -0.15) is 0 Å². The first-order valence-corrected chi connectivity index (χ1v) is 7.74. The molecule has 1 aromatic rings. The Morgan fingerprint density at radius 2 is 1.65 bits per heavy atom. The normalized spacial score (nSPS) is 12.9. The van der Waals surface area contributed by atoms with Gasteiger partial charge in [0.25, 0.3) is 0 Å². The average molecular weight is 273 g/mol. The van der Waals surface area contributed by atoms with E-state index >= 15 is 0 Å². The molecule has 1 aromatic carbocycles. The second-order valence-electron chi connectivity index (χ2n) is 5.14. The molecule has 110 valence electrons. The van der Waals surface area contributed by atoms with E-state index in [1.807, 2.05) is 30.4 Å². The lowest BCUT2D eigenvalue weighted by molar-refractivity contribution is -0.111. The third kappa shape index (κ3) is 6.16. The third-order valence-electron chi connectivity index (χ3n) is 3.44. The number of benzene rings is 1. The van der Waals surface area contributed by atoms with Crippen LogP contribution < -0.4 is 0 Å². The second kappa shape index (κ2) is 10.4. The van der Waals surface area contributed by atoms with Crippen LogP contribution in [-0.4, -0.2) is 30.3 Å². The molecule has 0 bridgehead atoms. The van der Waals surface area contributed by atoms with Gasteiger partial charge in [0, 0.05) is 0 Å². The summed E-state index contributed by atoms with van der Waals surface area (Å²) in [5.41, 5.74) is 1.14. The van der Waals surface area contributed by atoms with E-state index in [0.29, 0.717) is 0 Å². The molecule has 0 aromatic heterocycles. The molecule has 1 rings (SSSR count). The molecule has 0 radical (unpaired) electrons. The fraction of sp³-hybridized carbons (Fsp3) is 0.500. The van der Waals surface area contributed by atoms with E-state index in [9.17, 15) is 4.79 Å². The molecule has 2 nitrogen and oxygen atoms in total. The molecular formula is C18H27NO. The van der Waals surface area contributed by atoms with Gasteiger partial charge in [0.15, 0.2) is 0 Å². The summed E-state index contributed by atoms with van der Waals surface area (Å²) in [5.74, 6) is 0. The van der Waals surface area contributed by atoms with Crippen LogP contribution in [0.1, 0.15) is 45.1 Å². The van der Waals surface area contributed by atoms with Gasteiger partial charge in [-0.25, -0.2) is 0 Å². The van der Waals surface area contributed by atoms with Crippen LogP contribution in [0.2, 0.25) is 0 Å². The lowest BCUT2D eigenvalue weighted by Gasteiger charge is -2.25. The molecule has 1 unspecified atom stereocenters. The molecule has 0 aliphatic rings. The highest BCUT2D eigenvalue weighted by molar-refractivity contribution is 5.65. The minimum Gasteiger partial charge on any atom is -0.301 e. The SMILES string of the molecule is CCCCN(CCCC)C(C=O)C=Cc1ccccc1. The lowest BCUT2D eigenvalue weighted by Crippen LogP contribution is -2.36. The molecule has 0 amide bonds. The molecule has 0 saturated carbocycles. The van der Waals surface area contributed by atoms with E-state index in [1.165, 1.54) is 0 Å². The molecule has 0 N–H and O–H groups in total. The monoisotopic (exact) mass is 273 g/mol. The number of aldehydes is 1. The standard InChI is InChI=1S/C18H27NO/c1-3-5-14-19(15-6-4-2)18(16-20)13-12-17-10-8-7-9-11-17/h7-13,16,18H,3-6,14-15H2,1-2H3. The summed E-state index contributed by atoms with van der Waals surface area (Å²) in [6.07, 6.45) is 9.75. The Morgan fingerprint density at radius 1 is 1.05 bits per heavy atom. The Kier molecular flexibility index (Phi) is 8.64. The van der Waals surface area contributed by atoms with Crippen molar-refractivity contribution in [2.75, 3.05) is 13.1 Å². The molecule has 2 heteroatoms. The van der Waals surface area contributed by atoms with Crippen LogP contribution >= 0.6 is 0 Å². The summed E-state index contributed by atoms with van der Waals surface area (Å²) in [4.78, 5) is 13.7. The molecule has 1 atom stereocenters. The van der Waals surface area contributed by atoms with Gasteiger partial charge in [-0.05, 0) is 31.5 Å². The van der Waals surface area contributed by atoms with Crippen molar-refractivity contribution in [2.45, 2.75) is 45.6 Å². The van der Waals surface area contributed by atoms with Crippen LogP contribution in [0.25, 0.3) is 6.08 Å². The molecule has 0 aliphatic heterocycles. The van der Waals surface area contributed by atoms with Crippen LogP contribution in [0.3, 0.4) is 0 Å². The third-order valence-corrected chi connectivity index (χ3v) is 3.44. The van der Waals surface area contributed by atoms with Crippen molar-refractivity contribution in [2.24, 2.45) is 0 Å². The topological polar surface area (TPSA) is 20.3 Å². The first kappa shape index (κ1) is 16.6. The second-order valence-corrected chi connectivity index (χ2v) is 5.14. The van der Waals surface area contributed by atoms with Crippen molar-refractivity contribution in [3.63, 3.8) is 0 Å². The minimum atomic E-state index is -0.103. The zero-order valence-corrected chi connectivity index (χ0v) is 12.8. The van der Waals surface area contributed by atoms with Gasteiger partial charge in [-0.1, -0.05) is 69.2 Å². The fourth-order valence-electron chi connectivity index (χ4n) is 2.16. The van der Waals surface area contributed by atoms with E-state index in [2.05, 4.69) is 30.9 Å². The maximum atomic E-state index is 11.4. The lowest BCUT2D eigenvalue weighted by atomic mass is 10.1. The molecule has 0 fully saturated rings. The zero-order valence-electron chi connectivity index (χ0n) is 12.8. The number of nitrogens with zero attached hydrogens (tertiary/aromatic N) is 1. The van der Waals surface area contributed by atoms with E-state index in [1.54, 1.807) is 0 Å². The first-order valence-electron chi connectivity index (χ1n) is 7.74. The summed E-state index contributed by atoms with van der Waals surface area (Å²) in [5, 5.41) is 0. The molecule has 20 heavy (non-hydrogen) atoms. The van der Waals surface area contributed by atoms with Crippen LogP contribution in [-0.2, 0) is 4.79 Å². The van der Waals surface area contributed by atoms with Gasteiger partial charge in [0.1, 0.15) is 6.29 Å². The van der Waals surface area contributed by atoms with Gasteiger partial charge in [-0.15, -0.1) is 0 Å². The molecule has 0 spiro atoms. The molecule has 0 saturated heterocycles. The highest BCUT2D eigenvalue weighted by atomic mass is 16.1. The van der Waals surface area contributed by atoms with E-state index in [0.717, 1.165) is 50.6 Å². The Bertz CT molecular complexity index is 378. The molecular weight excluding hydrogens is 246 g/mol. The Hall–Kier alpha value is -1.41. The number of carbonyl (C=O) groups is 1. The maximum absolute atomic E-state index is 11.4. The van der Waals surface area contributed by atoms with Gasteiger partial charge in [-0.3, -0.25) is 4.90 Å². The highest BCUT2D eigenvalue weighted by Crippen LogP contribution is 2.08. The number of hydrogen-bond donors (Lipinski definition) is 0. The van der Waals surface area contributed by atoms with Crippen molar-refractivity contribution in [1.82, 2.24) is 4.90 Å². The van der Waals surface area contributed by atoms with Gasteiger partial charge in [0.05, 0.1) is 6.04 Å². The van der Waals surface area contributed by atoms with Gasteiger partial charge >= 0.3 is 0 Å². The smallest absolute Gasteiger partial charge is 0.141 e. The minimum absolute atomic E-state index is 0.103.